The fraction of sp³-hybridized carbons (Fsp3) is 1.00. The Balaban J connectivity index is 1.44. The lowest BCUT2D eigenvalue weighted by molar-refractivity contribution is 0.185. The SMILES string of the molecule is PC(CP(CC(P)(C1CCCCC1)C1CCCCC1)C1CCCCC1)(C1CCCCC1)C1CCCCC1. The number of rotatable bonds is 9. The Morgan fingerprint density at radius 1 is 0.378 bits per heavy atom. The summed E-state index contributed by atoms with van der Waals surface area (Å²) in [5.74, 6) is 4.02. The maximum absolute atomic E-state index is 3.73. The van der Waals surface area contributed by atoms with Crippen molar-refractivity contribution in [1.82, 2.24) is 0 Å². The van der Waals surface area contributed by atoms with Gasteiger partial charge < -0.3 is 0 Å². The van der Waals surface area contributed by atoms with Crippen LogP contribution in [0.15, 0.2) is 0 Å². The van der Waals surface area contributed by atoms with Gasteiger partial charge in [0.25, 0.3) is 0 Å². The second-order valence-corrected chi connectivity index (χ2v) is 19.5. The molecule has 5 aliphatic rings. The standard InChI is InChI=1S/C34H63P3/c35-33(28-16-6-1-7-17-28,29-18-8-2-9-19-29)26-37(32-24-14-5-15-25-32)27-34(36,30-20-10-3-11-21-30)31-22-12-4-13-23-31/h28-32H,1-27,35-36H2. The van der Waals surface area contributed by atoms with Crippen LogP contribution in [0, 0.1) is 23.7 Å². The normalized spacial score (nSPS) is 27.6. The van der Waals surface area contributed by atoms with Crippen LogP contribution < -0.4 is 0 Å². The smallest absolute Gasteiger partial charge is 0.00547 e. The summed E-state index contributed by atoms with van der Waals surface area (Å²) >= 11 is 0. The van der Waals surface area contributed by atoms with E-state index in [2.05, 4.69) is 18.5 Å². The second-order valence-electron chi connectivity index (χ2n) is 14.8. The quantitative estimate of drug-likeness (QED) is 0.244. The summed E-state index contributed by atoms with van der Waals surface area (Å²) in [4.78, 5) is 0. The van der Waals surface area contributed by atoms with Crippen molar-refractivity contribution in [3.8, 4) is 0 Å². The molecule has 0 radical (unpaired) electrons. The molecule has 0 N–H and O–H groups in total. The molecule has 37 heavy (non-hydrogen) atoms. The van der Waals surface area contributed by atoms with Crippen LogP contribution in [0.3, 0.4) is 0 Å². The summed E-state index contributed by atoms with van der Waals surface area (Å²) in [6.07, 6.45) is 41.6. The van der Waals surface area contributed by atoms with Gasteiger partial charge in [0, 0.05) is 0 Å². The minimum atomic E-state index is 0.104. The van der Waals surface area contributed by atoms with E-state index >= 15 is 0 Å². The van der Waals surface area contributed by atoms with Crippen LogP contribution in [0.25, 0.3) is 0 Å². The van der Waals surface area contributed by atoms with Crippen LogP contribution in [0.1, 0.15) is 161 Å². The van der Waals surface area contributed by atoms with E-state index in [1.807, 2.05) is 0 Å². The Morgan fingerprint density at radius 3 is 0.892 bits per heavy atom. The third kappa shape index (κ3) is 7.39. The zero-order valence-corrected chi connectivity index (χ0v) is 27.8. The van der Waals surface area contributed by atoms with Gasteiger partial charge in [0.15, 0.2) is 0 Å². The van der Waals surface area contributed by atoms with Gasteiger partial charge in [-0.3, -0.25) is 0 Å². The van der Waals surface area contributed by atoms with Gasteiger partial charge in [-0.25, -0.2) is 0 Å². The van der Waals surface area contributed by atoms with Gasteiger partial charge in [0.2, 0.25) is 0 Å². The molecule has 2 unspecified atom stereocenters. The first-order valence-electron chi connectivity index (χ1n) is 17.4. The third-order valence-electron chi connectivity index (χ3n) is 12.5. The minimum Gasteiger partial charge on any atom is -0.130 e. The largest absolute Gasteiger partial charge is 0.130 e. The number of hydrogen-bond donors (Lipinski definition) is 0. The molecule has 0 spiro atoms. The first kappa shape index (κ1) is 29.8. The molecule has 2 atom stereocenters. The molecule has 0 aromatic carbocycles. The molecule has 5 rings (SSSR count). The fourth-order valence-electron chi connectivity index (χ4n) is 10.2. The highest BCUT2D eigenvalue weighted by atomic mass is 31.1. The summed E-state index contributed by atoms with van der Waals surface area (Å²) in [5.41, 5.74) is 1.09. The van der Waals surface area contributed by atoms with E-state index in [0.29, 0.717) is 10.3 Å². The van der Waals surface area contributed by atoms with Crippen LogP contribution in [0.2, 0.25) is 0 Å². The van der Waals surface area contributed by atoms with Gasteiger partial charge in [0.05, 0.1) is 0 Å². The third-order valence-corrected chi connectivity index (χ3v) is 18.9. The zero-order valence-electron chi connectivity index (χ0n) is 24.6. The molecule has 214 valence electrons. The van der Waals surface area contributed by atoms with Crippen molar-refractivity contribution in [2.24, 2.45) is 23.7 Å². The average molecular weight is 565 g/mol. The number of hydrogen-bond acceptors (Lipinski definition) is 0. The van der Waals surface area contributed by atoms with Crippen molar-refractivity contribution in [2.45, 2.75) is 176 Å². The summed E-state index contributed by atoms with van der Waals surface area (Å²) in [6.45, 7) is 0. The first-order valence-corrected chi connectivity index (χ1v) is 20.3. The molecule has 0 nitrogen and oxygen atoms in total. The van der Waals surface area contributed by atoms with Crippen molar-refractivity contribution < 1.29 is 0 Å². The predicted molar refractivity (Wildman–Crippen MR) is 175 cm³/mol. The van der Waals surface area contributed by atoms with Gasteiger partial charge in [-0.05, 0) is 116 Å². The molecule has 0 aromatic heterocycles. The Bertz CT molecular complexity index is 562. The molecular weight excluding hydrogens is 501 g/mol. The maximum Gasteiger partial charge on any atom is -0.00547 e. The minimum absolute atomic E-state index is 0.104. The van der Waals surface area contributed by atoms with Gasteiger partial charge in [0.1, 0.15) is 0 Å². The van der Waals surface area contributed by atoms with Gasteiger partial charge in [-0.15, -0.1) is 26.4 Å². The Hall–Kier alpha value is 1.29. The highest BCUT2D eigenvalue weighted by Crippen LogP contribution is 2.63. The summed E-state index contributed by atoms with van der Waals surface area (Å²) in [6, 6.07) is 0. The van der Waals surface area contributed by atoms with Crippen LogP contribution >= 0.6 is 26.4 Å². The molecule has 0 aliphatic heterocycles. The molecule has 5 saturated carbocycles. The van der Waals surface area contributed by atoms with Crippen molar-refractivity contribution in [2.75, 3.05) is 12.3 Å². The van der Waals surface area contributed by atoms with E-state index in [4.69, 9.17) is 0 Å². The Morgan fingerprint density at radius 2 is 0.622 bits per heavy atom. The lowest BCUT2D eigenvalue weighted by Crippen LogP contribution is -2.48. The van der Waals surface area contributed by atoms with Crippen molar-refractivity contribution in [3.63, 3.8) is 0 Å². The van der Waals surface area contributed by atoms with Crippen molar-refractivity contribution in [1.29, 1.82) is 0 Å². The molecule has 0 aromatic rings. The van der Waals surface area contributed by atoms with E-state index in [-0.39, 0.29) is 7.92 Å². The molecule has 5 aliphatic carbocycles. The Kier molecular flexibility index (Phi) is 11.6. The van der Waals surface area contributed by atoms with Crippen LogP contribution in [-0.2, 0) is 0 Å². The van der Waals surface area contributed by atoms with Crippen LogP contribution in [0.5, 0.6) is 0 Å². The van der Waals surface area contributed by atoms with Crippen LogP contribution in [-0.4, -0.2) is 28.3 Å². The second kappa shape index (κ2) is 14.5. The maximum atomic E-state index is 3.73. The first-order chi connectivity index (χ1) is 18.1. The fourth-order valence-corrected chi connectivity index (χ4v) is 17.1. The monoisotopic (exact) mass is 564 g/mol. The highest BCUT2D eigenvalue weighted by molar-refractivity contribution is 7.59. The topological polar surface area (TPSA) is 0 Å². The molecule has 0 heterocycles. The molecule has 3 heteroatoms. The predicted octanol–water partition coefficient (Wildman–Crippen LogP) is 11.3. The molecular formula is C34H63P3. The zero-order chi connectivity index (χ0) is 25.6. The lowest BCUT2D eigenvalue weighted by atomic mass is 9.69. The lowest BCUT2D eigenvalue weighted by Gasteiger charge is -2.53. The molecule has 5 fully saturated rings. The van der Waals surface area contributed by atoms with E-state index in [0.717, 1.165) is 29.3 Å². The van der Waals surface area contributed by atoms with Gasteiger partial charge >= 0.3 is 0 Å². The van der Waals surface area contributed by atoms with E-state index in [1.165, 1.54) is 96.3 Å². The van der Waals surface area contributed by atoms with E-state index in [9.17, 15) is 0 Å². The molecule has 0 amide bonds. The van der Waals surface area contributed by atoms with Gasteiger partial charge in [-0.1, -0.05) is 96.3 Å². The highest BCUT2D eigenvalue weighted by Gasteiger charge is 2.48. The molecule has 0 saturated heterocycles. The van der Waals surface area contributed by atoms with E-state index < -0.39 is 0 Å². The van der Waals surface area contributed by atoms with Crippen molar-refractivity contribution >= 4 is 26.4 Å². The summed E-state index contributed by atoms with van der Waals surface area (Å²) in [7, 11) is 7.57. The van der Waals surface area contributed by atoms with Crippen LogP contribution in [0.4, 0.5) is 0 Å². The van der Waals surface area contributed by atoms with Gasteiger partial charge in [-0.2, -0.15) is 0 Å². The average Bonchev–Trinajstić information content (AvgIpc) is 2.99. The summed E-state index contributed by atoms with van der Waals surface area (Å²) < 4.78 is 0. The van der Waals surface area contributed by atoms with E-state index in [1.54, 1.807) is 76.5 Å². The Labute approximate surface area is 238 Å². The van der Waals surface area contributed by atoms with Crippen molar-refractivity contribution in [3.05, 3.63) is 0 Å². The molecule has 0 bridgehead atoms. The summed E-state index contributed by atoms with van der Waals surface area (Å²) in [5, 5.41) is 1.13.